The lowest BCUT2D eigenvalue weighted by atomic mass is 10.0. The van der Waals surface area contributed by atoms with E-state index in [1.54, 1.807) is 6.07 Å². The van der Waals surface area contributed by atoms with Gasteiger partial charge in [0, 0.05) is 5.56 Å². The van der Waals surface area contributed by atoms with Gasteiger partial charge in [0.05, 0.1) is 0 Å². The van der Waals surface area contributed by atoms with Crippen molar-refractivity contribution in [1.82, 2.24) is 5.32 Å². The fourth-order valence-corrected chi connectivity index (χ4v) is 2.57. The Labute approximate surface area is 122 Å². The van der Waals surface area contributed by atoms with Gasteiger partial charge in [0.25, 0.3) is 5.91 Å². The summed E-state index contributed by atoms with van der Waals surface area (Å²) >= 11 is 0. The molecule has 1 atom stereocenters. The van der Waals surface area contributed by atoms with Crippen LogP contribution in [0.2, 0.25) is 0 Å². The van der Waals surface area contributed by atoms with Crippen LogP contribution in [0.5, 0.6) is 0 Å². The second kappa shape index (κ2) is 5.56. The van der Waals surface area contributed by atoms with Crippen molar-refractivity contribution >= 4 is 22.6 Å². The van der Waals surface area contributed by atoms with Gasteiger partial charge < -0.3 is 10.4 Å². The highest BCUT2D eigenvalue weighted by Gasteiger charge is 2.30. The van der Waals surface area contributed by atoms with E-state index in [2.05, 4.69) is 5.32 Å². The van der Waals surface area contributed by atoms with E-state index in [9.17, 15) is 14.7 Å². The molecule has 0 spiro atoms. The highest BCUT2D eigenvalue weighted by atomic mass is 16.4. The monoisotopic (exact) mass is 283 g/mol. The number of benzene rings is 2. The van der Waals surface area contributed by atoms with Crippen molar-refractivity contribution in [2.24, 2.45) is 5.92 Å². The molecule has 4 nitrogen and oxygen atoms in total. The van der Waals surface area contributed by atoms with Crippen LogP contribution >= 0.6 is 0 Å². The molecule has 2 N–H and O–H groups in total. The maximum atomic E-state index is 12.4. The smallest absolute Gasteiger partial charge is 0.326 e. The lowest BCUT2D eigenvalue weighted by molar-refractivity contribution is -0.139. The van der Waals surface area contributed by atoms with Crippen molar-refractivity contribution in [2.75, 3.05) is 0 Å². The predicted molar refractivity (Wildman–Crippen MR) is 80.2 cm³/mol. The van der Waals surface area contributed by atoms with Crippen molar-refractivity contribution in [3.8, 4) is 0 Å². The Hall–Kier alpha value is -2.36. The van der Waals surface area contributed by atoms with Gasteiger partial charge in [-0.1, -0.05) is 49.2 Å². The van der Waals surface area contributed by atoms with Crippen LogP contribution in [0.15, 0.2) is 42.5 Å². The Morgan fingerprint density at radius 3 is 2.57 bits per heavy atom. The molecule has 2 aromatic carbocycles. The summed E-state index contributed by atoms with van der Waals surface area (Å²) in [6.45, 7) is 0. The van der Waals surface area contributed by atoms with Crippen LogP contribution in [0, 0.1) is 5.92 Å². The molecule has 108 valence electrons. The fourth-order valence-electron chi connectivity index (χ4n) is 2.57. The number of hydrogen-bond donors (Lipinski definition) is 2. The number of carboxylic acid groups (broad SMARTS) is 1. The Kier molecular flexibility index (Phi) is 3.60. The minimum absolute atomic E-state index is 0.320. The van der Waals surface area contributed by atoms with E-state index < -0.39 is 12.0 Å². The summed E-state index contributed by atoms with van der Waals surface area (Å²) in [4.78, 5) is 23.7. The van der Waals surface area contributed by atoms with E-state index >= 15 is 0 Å². The Balaban J connectivity index is 1.84. The third-order valence-corrected chi connectivity index (χ3v) is 3.90. The van der Waals surface area contributed by atoms with Crippen LogP contribution < -0.4 is 5.32 Å². The molecule has 0 bridgehead atoms. The van der Waals surface area contributed by atoms with Gasteiger partial charge in [0.2, 0.25) is 0 Å². The van der Waals surface area contributed by atoms with Crippen molar-refractivity contribution in [2.45, 2.75) is 25.3 Å². The highest BCUT2D eigenvalue weighted by molar-refractivity contribution is 6.07. The second-order valence-corrected chi connectivity index (χ2v) is 5.57. The maximum absolute atomic E-state index is 12.4. The normalized spacial score (nSPS) is 15.6. The summed E-state index contributed by atoms with van der Waals surface area (Å²) in [7, 11) is 0. The zero-order chi connectivity index (χ0) is 14.8. The van der Waals surface area contributed by atoms with Crippen molar-refractivity contribution in [3.63, 3.8) is 0 Å². The number of carboxylic acids is 1. The molecule has 0 unspecified atom stereocenters. The Bertz CT molecular complexity index is 686. The van der Waals surface area contributed by atoms with Crippen molar-refractivity contribution in [1.29, 1.82) is 0 Å². The van der Waals surface area contributed by atoms with Crippen LogP contribution in [0.4, 0.5) is 0 Å². The number of nitrogens with one attached hydrogen (secondary N) is 1. The second-order valence-electron chi connectivity index (χ2n) is 5.57. The Morgan fingerprint density at radius 2 is 1.86 bits per heavy atom. The molecule has 0 radical (unpaired) electrons. The SMILES string of the molecule is O=C(N[C@@H](CC1CC1)C(=O)O)c1cccc2ccccc12. The van der Waals surface area contributed by atoms with Crippen molar-refractivity contribution in [3.05, 3.63) is 48.0 Å². The molecule has 1 aliphatic rings. The number of amides is 1. The molecule has 0 heterocycles. The van der Waals surface area contributed by atoms with E-state index in [0.717, 1.165) is 23.6 Å². The first-order chi connectivity index (χ1) is 10.1. The summed E-state index contributed by atoms with van der Waals surface area (Å²) in [6.07, 6.45) is 2.65. The number of hydrogen-bond acceptors (Lipinski definition) is 2. The number of rotatable bonds is 5. The highest BCUT2D eigenvalue weighted by Crippen LogP contribution is 2.33. The summed E-state index contributed by atoms with van der Waals surface area (Å²) in [5, 5.41) is 13.7. The zero-order valence-corrected chi connectivity index (χ0v) is 11.6. The van der Waals surface area contributed by atoms with Gasteiger partial charge >= 0.3 is 5.97 Å². The molecule has 1 saturated carbocycles. The molecule has 0 aliphatic heterocycles. The Morgan fingerprint density at radius 1 is 1.14 bits per heavy atom. The van der Waals surface area contributed by atoms with Gasteiger partial charge in [-0.25, -0.2) is 4.79 Å². The molecule has 1 aliphatic carbocycles. The van der Waals surface area contributed by atoms with E-state index in [-0.39, 0.29) is 5.91 Å². The lowest BCUT2D eigenvalue weighted by Gasteiger charge is -2.15. The average Bonchev–Trinajstić information content (AvgIpc) is 3.29. The number of fused-ring (bicyclic) bond motifs is 1. The van der Waals surface area contributed by atoms with Crippen LogP contribution in [0.25, 0.3) is 10.8 Å². The molecular weight excluding hydrogens is 266 g/mol. The van der Waals surface area contributed by atoms with Crippen LogP contribution in [-0.2, 0) is 4.79 Å². The molecule has 21 heavy (non-hydrogen) atoms. The summed E-state index contributed by atoms with van der Waals surface area (Å²) in [5.74, 6) is -0.839. The fraction of sp³-hybridized carbons (Fsp3) is 0.294. The molecule has 0 saturated heterocycles. The minimum atomic E-state index is -0.963. The third-order valence-electron chi connectivity index (χ3n) is 3.90. The number of carbonyl (C=O) groups excluding carboxylic acids is 1. The van der Waals surface area contributed by atoms with Crippen molar-refractivity contribution < 1.29 is 14.7 Å². The molecule has 0 aromatic heterocycles. The van der Waals surface area contributed by atoms with Crippen LogP contribution in [0.3, 0.4) is 0 Å². The summed E-state index contributed by atoms with van der Waals surface area (Å²) in [5.41, 5.74) is 0.523. The molecule has 4 heteroatoms. The summed E-state index contributed by atoms with van der Waals surface area (Å²) < 4.78 is 0. The molecule has 2 aromatic rings. The maximum Gasteiger partial charge on any atom is 0.326 e. The van der Waals surface area contributed by atoms with Gasteiger partial charge in [-0.2, -0.15) is 0 Å². The van der Waals surface area contributed by atoms with Crippen LogP contribution in [0.1, 0.15) is 29.6 Å². The minimum Gasteiger partial charge on any atom is -0.480 e. The predicted octanol–water partition coefficient (Wildman–Crippen LogP) is 2.82. The number of aliphatic carboxylic acids is 1. The van der Waals surface area contributed by atoms with E-state index in [4.69, 9.17) is 0 Å². The standard InChI is InChI=1S/C17H17NO3/c19-16(18-15(17(20)21)10-11-8-9-11)14-7-3-5-12-4-1-2-6-13(12)14/h1-7,11,15H,8-10H2,(H,18,19)(H,20,21)/t15-/m0/s1. The van der Waals surface area contributed by atoms with Gasteiger partial charge in [-0.15, -0.1) is 0 Å². The number of carbonyl (C=O) groups is 2. The van der Waals surface area contributed by atoms with Gasteiger partial charge in [0.15, 0.2) is 0 Å². The molecule has 3 rings (SSSR count). The quantitative estimate of drug-likeness (QED) is 0.886. The largest absolute Gasteiger partial charge is 0.480 e. The van der Waals surface area contributed by atoms with Gasteiger partial charge in [-0.3, -0.25) is 4.79 Å². The zero-order valence-electron chi connectivity index (χ0n) is 11.6. The molecular formula is C17H17NO3. The molecule has 1 amide bonds. The average molecular weight is 283 g/mol. The first-order valence-electron chi connectivity index (χ1n) is 7.16. The first-order valence-corrected chi connectivity index (χ1v) is 7.16. The lowest BCUT2D eigenvalue weighted by Crippen LogP contribution is -2.41. The van der Waals surface area contributed by atoms with Gasteiger partial charge in [0.1, 0.15) is 6.04 Å². The summed E-state index contributed by atoms with van der Waals surface area (Å²) in [6, 6.07) is 12.3. The van der Waals surface area contributed by atoms with E-state index in [1.807, 2.05) is 36.4 Å². The first kappa shape index (κ1) is 13.6. The van der Waals surface area contributed by atoms with Gasteiger partial charge in [-0.05, 0) is 29.2 Å². The van der Waals surface area contributed by atoms with E-state index in [0.29, 0.717) is 17.9 Å². The van der Waals surface area contributed by atoms with E-state index in [1.165, 1.54) is 0 Å². The topological polar surface area (TPSA) is 66.4 Å². The molecule has 1 fully saturated rings. The van der Waals surface area contributed by atoms with Crippen LogP contribution in [-0.4, -0.2) is 23.0 Å². The third kappa shape index (κ3) is 3.05.